The molecule has 0 amide bonds. The van der Waals surface area contributed by atoms with E-state index in [-0.39, 0.29) is 16.9 Å². The minimum atomic E-state index is -1.34. The van der Waals surface area contributed by atoms with Gasteiger partial charge in [0.2, 0.25) is 0 Å². The number of hydrogen-bond donors (Lipinski definition) is 0. The Morgan fingerprint density at radius 3 is 1.61 bits per heavy atom. The summed E-state index contributed by atoms with van der Waals surface area (Å²) in [6, 6.07) is 14.6. The molecule has 7 heteroatoms. The molecule has 0 N–H and O–H groups in total. The predicted octanol–water partition coefficient (Wildman–Crippen LogP) is 1.06. The number of aromatic carboxylic acids is 1. The Kier molecular flexibility index (Phi) is 9.29. The number of ketones is 1. The molecule has 2 aromatic rings. The number of carbonyl (C=O) groups excluding carboxylic acids is 4. The molecule has 2 aromatic carbocycles. The molecule has 0 aliphatic heterocycles. The Morgan fingerprint density at radius 1 is 0.783 bits per heavy atom. The van der Waals surface area contributed by atoms with Crippen molar-refractivity contribution in [2.75, 3.05) is 0 Å². The van der Waals surface area contributed by atoms with E-state index in [0.717, 1.165) is 0 Å². The summed E-state index contributed by atoms with van der Waals surface area (Å²) in [5, 5.41) is 24.4. The Bertz CT molecular complexity index is 717. The Morgan fingerprint density at radius 2 is 1.17 bits per heavy atom. The number of carboxylic acid groups (broad SMARTS) is 1. The summed E-state index contributed by atoms with van der Waals surface area (Å²) < 4.78 is 0. The van der Waals surface area contributed by atoms with Crippen molar-refractivity contribution in [2.24, 2.45) is 0 Å². The summed E-state index contributed by atoms with van der Waals surface area (Å²) in [6.45, 7) is 0. The molecule has 0 aliphatic rings. The summed E-state index contributed by atoms with van der Waals surface area (Å²) in [5.74, 6) is -1.66. The van der Waals surface area contributed by atoms with Crippen molar-refractivity contribution in [3.8, 4) is 0 Å². The molecule has 0 saturated heterocycles. The Hall–Kier alpha value is -3.66. The quantitative estimate of drug-likeness (QED) is 0.474. The molecule has 0 aromatic heterocycles. The van der Waals surface area contributed by atoms with E-state index in [2.05, 4.69) is 0 Å². The lowest BCUT2D eigenvalue weighted by Gasteiger charge is -2.08. The van der Waals surface area contributed by atoms with Gasteiger partial charge in [0.25, 0.3) is 0 Å². The van der Waals surface area contributed by atoms with Crippen LogP contribution in [-0.4, -0.2) is 23.9 Å². The first-order valence-electron chi connectivity index (χ1n) is 5.96. The lowest BCUT2D eigenvalue weighted by atomic mass is 9.98. The predicted molar refractivity (Wildman–Crippen MR) is 78.8 cm³/mol. The van der Waals surface area contributed by atoms with Crippen LogP contribution < -0.4 is 5.11 Å². The molecule has 116 valence electrons. The number of rotatable bonds is 3. The standard InChI is InChI=1S/C14H10O3.2CNO/c15-13(10-6-2-1-3-7-10)11-8-4-5-9-12(11)14(16)17;2*2-1-3/h1-9H,(H,16,17);;/q;2*-1/p-1. The highest BCUT2D eigenvalue weighted by atomic mass is 16.4. The van der Waals surface area contributed by atoms with E-state index in [1.807, 2.05) is 0 Å². The smallest absolute Gasteiger partial charge is 0.193 e. The lowest BCUT2D eigenvalue weighted by Crippen LogP contribution is -2.25. The van der Waals surface area contributed by atoms with Crippen LogP contribution in [-0.2, 0) is 9.59 Å². The highest BCUT2D eigenvalue weighted by Gasteiger charge is 2.12. The maximum atomic E-state index is 12.1. The van der Waals surface area contributed by atoms with Gasteiger partial charge >= 0.3 is 0 Å². The SMILES string of the molecule is O=C([O-])c1ccccc1C(=O)c1ccccc1.[N-]=C=O.[N-]=C=O. The van der Waals surface area contributed by atoms with E-state index in [1.54, 1.807) is 42.5 Å². The molecule has 0 aliphatic carbocycles. The van der Waals surface area contributed by atoms with Gasteiger partial charge < -0.3 is 20.7 Å². The summed E-state index contributed by atoms with van der Waals surface area (Å²) in [5.41, 5.74) is 0.529. The molecule has 7 nitrogen and oxygen atoms in total. The Labute approximate surface area is 131 Å². The number of benzene rings is 2. The number of nitrogens with zero attached hydrogens (tertiary/aromatic N) is 2. The van der Waals surface area contributed by atoms with Crippen LogP contribution in [0.3, 0.4) is 0 Å². The normalized spacial score (nSPS) is 8.00. The number of carbonyl (C=O) groups is 2. The van der Waals surface area contributed by atoms with Gasteiger partial charge in [-0.3, -0.25) is 14.4 Å². The van der Waals surface area contributed by atoms with E-state index < -0.39 is 5.97 Å². The monoisotopic (exact) mass is 309 g/mol. The third-order valence-corrected chi connectivity index (χ3v) is 2.43. The molecule has 0 heterocycles. The number of hydrogen-bond acceptors (Lipinski definition) is 5. The molecule has 0 radical (unpaired) electrons. The van der Waals surface area contributed by atoms with E-state index in [4.69, 9.17) is 20.4 Å². The van der Waals surface area contributed by atoms with Crippen LogP contribution in [0.25, 0.3) is 10.8 Å². The van der Waals surface area contributed by atoms with Gasteiger partial charge in [0, 0.05) is 16.7 Å². The fourth-order valence-electron chi connectivity index (χ4n) is 1.60. The average Bonchev–Trinajstić information content (AvgIpc) is 2.56. The van der Waals surface area contributed by atoms with Crippen molar-refractivity contribution < 1.29 is 24.3 Å². The van der Waals surface area contributed by atoms with E-state index in [1.165, 1.54) is 12.1 Å². The maximum absolute atomic E-state index is 12.1. The summed E-state index contributed by atoms with van der Waals surface area (Å²) in [7, 11) is 0. The van der Waals surface area contributed by atoms with Crippen molar-refractivity contribution >= 4 is 23.9 Å². The fraction of sp³-hybridized carbons (Fsp3) is 0. The zero-order valence-electron chi connectivity index (χ0n) is 11.6. The van der Waals surface area contributed by atoms with Gasteiger partial charge in [-0.2, -0.15) is 0 Å². The third kappa shape index (κ3) is 6.55. The molecule has 0 atom stereocenters. The molecular formula is C16H9N2O5-3. The zero-order valence-corrected chi connectivity index (χ0v) is 11.6. The van der Waals surface area contributed by atoms with Gasteiger partial charge in [-0.15, -0.1) is 0 Å². The third-order valence-electron chi connectivity index (χ3n) is 2.43. The molecule has 0 unspecified atom stereocenters. The topological polar surface area (TPSA) is 136 Å². The van der Waals surface area contributed by atoms with Crippen molar-refractivity contribution in [3.63, 3.8) is 0 Å². The molecule has 0 bridgehead atoms. The molecular weight excluding hydrogens is 300 g/mol. The van der Waals surface area contributed by atoms with Crippen LogP contribution in [0.15, 0.2) is 54.6 Å². The van der Waals surface area contributed by atoms with Crippen molar-refractivity contribution in [2.45, 2.75) is 0 Å². The molecule has 0 saturated carbocycles. The van der Waals surface area contributed by atoms with E-state index in [0.29, 0.717) is 17.7 Å². The summed E-state index contributed by atoms with van der Waals surface area (Å²) >= 11 is 0. The highest BCUT2D eigenvalue weighted by Crippen LogP contribution is 2.13. The first kappa shape index (κ1) is 19.3. The Balaban J connectivity index is 0.000000704. The van der Waals surface area contributed by atoms with Crippen molar-refractivity contribution in [1.82, 2.24) is 0 Å². The van der Waals surface area contributed by atoms with Crippen LogP contribution in [0.5, 0.6) is 0 Å². The van der Waals surface area contributed by atoms with Gasteiger partial charge in [-0.25, -0.2) is 0 Å². The minimum absolute atomic E-state index is 0.0821. The van der Waals surface area contributed by atoms with Crippen molar-refractivity contribution in [1.29, 1.82) is 0 Å². The average molecular weight is 309 g/mol. The zero-order chi connectivity index (χ0) is 17.7. The molecule has 0 spiro atoms. The summed E-state index contributed by atoms with van der Waals surface area (Å²) in [6.07, 6.45) is 1.00. The largest absolute Gasteiger partial charge is 0.724 e. The highest BCUT2D eigenvalue weighted by molar-refractivity contribution is 6.13. The van der Waals surface area contributed by atoms with Crippen LogP contribution in [0, 0.1) is 0 Å². The van der Waals surface area contributed by atoms with E-state index in [9.17, 15) is 14.7 Å². The molecule has 23 heavy (non-hydrogen) atoms. The second-order valence-corrected chi connectivity index (χ2v) is 3.71. The summed E-state index contributed by atoms with van der Waals surface area (Å²) in [4.78, 5) is 39.4. The lowest BCUT2D eigenvalue weighted by molar-refractivity contribution is -0.255. The second kappa shape index (κ2) is 11.0. The van der Waals surface area contributed by atoms with E-state index >= 15 is 0 Å². The number of isocyanates is 2. The molecule has 2 rings (SSSR count). The van der Waals surface area contributed by atoms with Crippen LogP contribution in [0.1, 0.15) is 26.3 Å². The fourth-order valence-corrected chi connectivity index (χ4v) is 1.60. The van der Waals surface area contributed by atoms with Gasteiger partial charge in [-0.05, 0) is 12.2 Å². The van der Waals surface area contributed by atoms with Gasteiger partial charge in [-0.1, -0.05) is 54.6 Å². The maximum Gasteiger partial charge on any atom is 0.193 e. The van der Waals surface area contributed by atoms with Crippen molar-refractivity contribution in [3.05, 3.63) is 82.1 Å². The van der Waals surface area contributed by atoms with Crippen LogP contribution in [0.4, 0.5) is 0 Å². The first-order valence-corrected chi connectivity index (χ1v) is 5.96. The van der Waals surface area contributed by atoms with Crippen LogP contribution >= 0.6 is 0 Å². The van der Waals surface area contributed by atoms with Gasteiger partial charge in [0.1, 0.15) is 0 Å². The number of carboxylic acids is 1. The second-order valence-electron chi connectivity index (χ2n) is 3.71. The van der Waals surface area contributed by atoms with Gasteiger partial charge in [0.15, 0.2) is 5.78 Å². The first-order chi connectivity index (χ1) is 11.0. The minimum Gasteiger partial charge on any atom is -0.724 e. The molecule has 0 fully saturated rings. The van der Waals surface area contributed by atoms with Gasteiger partial charge in [0.05, 0.1) is 5.97 Å². The van der Waals surface area contributed by atoms with Crippen LogP contribution in [0.2, 0.25) is 0 Å².